The van der Waals surface area contributed by atoms with Crippen molar-refractivity contribution in [3.8, 4) is 5.75 Å². The van der Waals surface area contributed by atoms with Crippen molar-refractivity contribution in [1.29, 1.82) is 0 Å². The molecular weight excluding hydrogens is 542 g/mol. The van der Waals surface area contributed by atoms with Crippen LogP contribution in [0.15, 0.2) is 91.0 Å². The molecule has 2 heterocycles. The fourth-order valence-electron chi connectivity index (χ4n) is 4.87. The minimum Gasteiger partial charge on any atom is -0.480 e. The van der Waals surface area contributed by atoms with Crippen LogP contribution in [0, 0.1) is 0 Å². The standard InChI is InChI=1S/C32H31NO9/c1-20(34)33-28-30(38-19-27(36)37)29-26(18-39-31(42-29)23-10-6-3-7-11-23)41-32(28)40-24-15-12-21(13-16-24)14-17-25(35)22-8-4-2-5-9-22/h2-17,26,28-32H,18-19H2,1H3,(H,33,34)(H,36,37)/b17-14+. The van der Waals surface area contributed by atoms with Gasteiger partial charge >= 0.3 is 5.97 Å². The summed E-state index contributed by atoms with van der Waals surface area (Å²) in [7, 11) is 0. The summed E-state index contributed by atoms with van der Waals surface area (Å²) in [5, 5.41) is 12.1. The van der Waals surface area contributed by atoms with Crippen molar-refractivity contribution >= 4 is 23.7 Å². The van der Waals surface area contributed by atoms with Gasteiger partial charge in [0.2, 0.25) is 12.2 Å². The van der Waals surface area contributed by atoms with Gasteiger partial charge in [-0.15, -0.1) is 0 Å². The third kappa shape index (κ3) is 7.29. The van der Waals surface area contributed by atoms with Gasteiger partial charge in [-0.25, -0.2) is 4.79 Å². The number of carboxylic acids is 1. The molecule has 3 aromatic carbocycles. The zero-order valence-corrected chi connectivity index (χ0v) is 22.8. The average Bonchev–Trinajstić information content (AvgIpc) is 3.00. The predicted octanol–water partition coefficient (Wildman–Crippen LogP) is 3.78. The topological polar surface area (TPSA) is 130 Å². The molecule has 0 bridgehead atoms. The zero-order chi connectivity index (χ0) is 29.5. The molecule has 0 aliphatic carbocycles. The Balaban J connectivity index is 1.33. The Bertz CT molecular complexity index is 1390. The normalized spacial score (nSPS) is 25.4. The zero-order valence-electron chi connectivity index (χ0n) is 22.8. The summed E-state index contributed by atoms with van der Waals surface area (Å²) in [5.74, 6) is -1.23. The number of amides is 1. The Hall–Kier alpha value is -4.35. The van der Waals surface area contributed by atoms with Crippen LogP contribution in [0.4, 0.5) is 0 Å². The highest BCUT2D eigenvalue weighted by Crippen LogP contribution is 2.36. The van der Waals surface area contributed by atoms with E-state index in [9.17, 15) is 19.5 Å². The van der Waals surface area contributed by atoms with Crippen LogP contribution in [0.2, 0.25) is 0 Å². The van der Waals surface area contributed by atoms with Gasteiger partial charge in [-0.1, -0.05) is 78.9 Å². The van der Waals surface area contributed by atoms with Gasteiger partial charge in [-0.2, -0.15) is 0 Å². The molecule has 6 unspecified atom stereocenters. The summed E-state index contributed by atoms with van der Waals surface area (Å²) in [4.78, 5) is 36.0. The van der Waals surface area contributed by atoms with Crippen LogP contribution in [0.5, 0.6) is 5.75 Å². The molecule has 42 heavy (non-hydrogen) atoms. The van der Waals surface area contributed by atoms with Crippen LogP contribution in [-0.2, 0) is 28.5 Å². The molecule has 218 valence electrons. The van der Waals surface area contributed by atoms with Crippen LogP contribution in [0.25, 0.3) is 6.08 Å². The number of ketones is 1. The van der Waals surface area contributed by atoms with E-state index in [1.165, 1.54) is 13.0 Å². The predicted molar refractivity (Wildman–Crippen MR) is 151 cm³/mol. The molecule has 5 rings (SSSR count). The van der Waals surface area contributed by atoms with Gasteiger partial charge in [0.15, 0.2) is 12.1 Å². The fraction of sp³-hybridized carbons (Fsp3) is 0.281. The van der Waals surface area contributed by atoms with Crippen molar-refractivity contribution in [2.75, 3.05) is 13.2 Å². The molecule has 2 saturated heterocycles. The summed E-state index contributed by atoms with van der Waals surface area (Å²) < 4.78 is 30.3. The lowest BCUT2D eigenvalue weighted by Gasteiger charge is -2.49. The largest absolute Gasteiger partial charge is 0.480 e. The molecule has 2 fully saturated rings. The van der Waals surface area contributed by atoms with E-state index in [4.69, 9.17) is 23.7 Å². The van der Waals surface area contributed by atoms with Gasteiger partial charge in [0.1, 0.15) is 36.7 Å². The third-order valence-electron chi connectivity index (χ3n) is 6.80. The first kappa shape index (κ1) is 29.2. The number of hydrogen-bond donors (Lipinski definition) is 2. The molecule has 3 aromatic rings. The van der Waals surface area contributed by atoms with Crippen molar-refractivity contribution in [3.63, 3.8) is 0 Å². The average molecular weight is 574 g/mol. The number of carbonyl (C=O) groups excluding carboxylic acids is 2. The number of aliphatic carboxylic acids is 1. The molecule has 10 heteroatoms. The van der Waals surface area contributed by atoms with Crippen LogP contribution >= 0.6 is 0 Å². The summed E-state index contributed by atoms with van der Waals surface area (Å²) >= 11 is 0. The number of benzene rings is 3. The van der Waals surface area contributed by atoms with Gasteiger partial charge < -0.3 is 34.1 Å². The van der Waals surface area contributed by atoms with E-state index in [2.05, 4.69) is 5.32 Å². The number of carboxylic acid groups (broad SMARTS) is 1. The molecule has 1 amide bonds. The highest BCUT2D eigenvalue weighted by molar-refractivity contribution is 6.06. The van der Waals surface area contributed by atoms with Gasteiger partial charge in [-0.3, -0.25) is 9.59 Å². The van der Waals surface area contributed by atoms with Crippen LogP contribution in [-0.4, -0.2) is 66.6 Å². The van der Waals surface area contributed by atoms with E-state index in [0.717, 1.165) is 11.1 Å². The quantitative estimate of drug-likeness (QED) is 0.275. The van der Waals surface area contributed by atoms with E-state index < -0.39 is 49.5 Å². The first-order valence-corrected chi connectivity index (χ1v) is 13.5. The first-order chi connectivity index (χ1) is 20.4. The lowest BCUT2D eigenvalue weighted by Crippen LogP contribution is -2.68. The molecule has 2 aliphatic rings. The Morgan fingerprint density at radius 1 is 0.952 bits per heavy atom. The smallest absolute Gasteiger partial charge is 0.329 e. The second-order valence-corrected chi connectivity index (χ2v) is 9.87. The molecule has 10 nitrogen and oxygen atoms in total. The van der Waals surface area contributed by atoms with Gasteiger partial charge in [0.05, 0.1) is 6.61 Å². The molecule has 2 N–H and O–H groups in total. The number of carbonyl (C=O) groups is 3. The van der Waals surface area contributed by atoms with Gasteiger partial charge in [-0.05, 0) is 23.8 Å². The maximum absolute atomic E-state index is 12.4. The number of rotatable bonds is 10. The van der Waals surface area contributed by atoms with Crippen LogP contribution in [0.3, 0.4) is 0 Å². The molecule has 0 radical (unpaired) electrons. The van der Waals surface area contributed by atoms with Gasteiger partial charge in [0, 0.05) is 18.1 Å². The van der Waals surface area contributed by atoms with E-state index in [-0.39, 0.29) is 18.3 Å². The molecule has 0 spiro atoms. The van der Waals surface area contributed by atoms with E-state index in [1.807, 2.05) is 36.4 Å². The molecule has 6 atom stereocenters. The number of fused-ring (bicyclic) bond motifs is 1. The summed E-state index contributed by atoms with van der Waals surface area (Å²) in [6, 6.07) is 24.3. The van der Waals surface area contributed by atoms with E-state index in [1.54, 1.807) is 54.6 Å². The van der Waals surface area contributed by atoms with Crippen molar-refractivity contribution in [3.05, 3.63) is 108 Å². The number of ether oxygens (including phenoxy) is 5. The lowest BCUT2D eigenvalue weighted by molar-refractivity contribution is -0.337. The SMILES string of the molecule is CC(=O)NC1C(Oc2ccc(/C=C/C(=O)c3ccccc3)cc2)OC2COC(c3ccccc3)OC2C1OCC(=O)O. The fourth-order valence-corrected chi connectivity index (χ4v) is 4.87. The van der Waals surface area contributed by atoms with Crippen molar-refractivity contribution in [2.24, 2.45) is 0 Å². The third-order valence-corrected chi connectivity index (χ3v) is 6.80. The van der Waals surface area contributed by atoms with E-state index in [0.29, 0.717) is 11.3 Å². The number of nitrogens with one attached hydrogen (secondary N) is 1. The van der Waals surface area contributed by atoms with Crippen molar-refractivity contribution in [2.45, 2.75) is 43.9 Å². The second-order valence-electron chi connectivity index (χ2n) is 9.87. The van der Waals surface area contributed by atoms with Crippen molar-refractivity contribution in [1.82, 2.24) is 5.32 Å². The molecule has 0 saturated carbocycles. The summed E-state index contributed by atoms with van der Waals surface area (Å²) in [6.07, 6.45) is -0.906. The highest BCUT2D eigenvalue weighted by Gasteiger charge is 2.52. The van der Waals surface area contributed by atoms with Gasteiger partial charge in [0.25, 0.3) is 0 Å². The maximum Gasteiger partial charge on any atom is 0.329 e. The Labute approximate surface area is 242 Å². The second kappa shape index (κ2) is 13.5. The highest BCUT2D eigenvalue weighted by atomic mass is 16.8. The molecular formula is C32H31NO9. The Morgan fingerprint density at radius 3 is 2.31 bits per heavy atom. The minimum atomic E-state index is -1.17. The molecule has 2 aliphatic heterocycles. The van der Waals surface area contributed by atoms with Crippen LogP contribution < -0.4 is 10.1 Å². The monoisotopic (exact) mass is 573 g/mol. The lowest BCUT2D eigenvalue weighted by atomic mass is 9.95. The van der Waals surface area contributed by atoms with Crippen LogP contribution in [0.1, 0.15) is 34.7 Å². The maximum atomic E-state index is 12.4. The molecule has 0 aromatic heterocycles. The van der Waals surface area contributed by atoms with E-state index >= 15 is 0 Å². The number of allylic oxidation sites excluding steroid dienone is 1. The Kier molecular flexibility index (Phi) is 9.40. The van der Waals surface area contributed by atoms with Crippen molar-refractivity contribution < 1.29 is 43.2 Å². The summed E-state index contributed by atoms with van der Waals surface area (Å²) in [5.41, 5.74) is 2.15. The minimum absolute atomic E-state index is 0.113. The first-order valence-electron chi connectivity index (χ1n) is 13.5. The summed E-state index contributed by atoms with van der Waals surface area (Å²) in [6.45, 7) is 0.857. The Morgan fingerprint density at radius 2 is 1.64 bits per heavy atom. The number of hydrogen-bond acceptors (Lipinski definition) is 8.